The lowest BCUT2D eigenvalue weighted by molar-refractivity contribution is 0.579. The summed E-state index contributed by atoms with van der Waals surface area (Å²) in [6, 6.07) is 7.36. The SMILES string of the molecule is CC(C)n1cc(-c2ncc(N)nc2-c2cccs2)ccc1=O. The molecule has 6 heteroatoms. The van der Waals surface area contributed by atoms with Gasteiger partial charge in [0.05, 0.1) is 16.8 Å². The van der Waals surface area contributed by atoms with Crippen LogP contribution in [-0.4, -0.2) is 14.5 Å². The number of thiophene rings is 1. The smallest absolute Gasteiger partial charge is 0.250 e. The number of anilines is 1. The number of rotatable bonds is 3. The number of nitrogens with two attached hydrogens (primary N) is 1. The molecule has 22 heavy (non-hydrogen) atoms. The second-order valence-corrected chi connectivity index (χ2v) is 6.17. The molecule has 0 aliphatic carbocycles. The van der Waals surface area contributed by atoms with Crippen molar-refractivity contribution in [3.05, 3.63) is 52.4 Å². The number of aromatic nitrogens is 3. The minimum absolute atomic E-state index is 0.0279. The number of hydrogen-bond donors (Lipinski definition) is 1. The molecule has 5 nitrogen and oxygen atoms in total. The fraction of sp³-hybridized carbons (Fsp3) is 0.188. The first-order valence-corrected chi connectivity index (χ1v) is 7.83. The number of pyridine rings is 1. The maximum atomic E-state index is 11.9. The van der Waals surface area contributed by atoms with Gasteiger partial charge in [-0.2, -0.15) is 0 Å². The van der Waals surface area contributed by atoms with Crippen LogP contribution in [0.2, 0.25) is 0 Å². The summed E-state index contributed by atoms with van der Waals surface area (Å²) in [6.45, 7) is 3.94. The lowest BCUT2D eigenvalue weighted by Crippen LogP contribution is -2.20. The first-order valence-electron chi connectivity index (χ1n) is 6.95. The Morgan fingerprint density at radius 3 is 2.73 bits per heavy atom. The number of nitrogens with zero attached hydrogens (tertiary/aromatic N) is 3. The Morgan fingerprint density at radius 2 is 2.05 bits per heavy atom. The van der Waals surface area contributed by atoms with Gasteiger partial charge in [0.2, 0.25) is 0 Å². The van der Waals surface area contributed by atoms with Crippen molar-refractivity contribution >= 4 is 17.2 Å². The first kappa shape index (κ1) is 14.5. The van der Waals surface area contributed by atoms with Crippen molar-refractivity contribution in [2.24, 2.45) is 0 Å². The number of nitrogen functional groups attached to an aromatic ring is 1. The quantitative estimate of drug-likeness (QED) is 0.806. The van der Waals surface area contributed by atoms with Crippen LogP contribution in [0.5, 0.6) is 0 Å². The van der Waals surface area contributed by atoms with Crippen molar-refractivity contribution in [3.8, 4) is 21.8 Å². The molecule has 2 N–H and O–H groups in total. The van der Waals surface area contributed by atoms with E-state index in [9.17, 15) is 4.79 Å². The van der Waals surface area contributed by atoms with Gasteiger partial charge in [0.15, 0.2) is 0 Å². The van der Waals surface area contributed by atoms with E-state index in [4.69, 9.17) is 5.73 Å². The molecule has 0 saturated carbocycles. The van der Waals surface area contributed by atoms with E-state index in [1.807, 2.05) is 37.6 Å². The van der Waals surface area contributed by atoms with E-state index in [-0.39, 0.29) is 11.6 Å². The summed E-state index contributed by atoms with van der Waals surface area (Å²) in [5.74, 6) is 0.379. The van der Waals surface area contributed by atoms with Crippen LogP contribution in [0.15, 0.2) is 46.8 Å². The van der Waals surface area contributed by atoms with Crippen LogP contribution in [0.4, 0.5) is 5.82 Å². The van der Waals surface area contributed by atoms with E-state index in [2.05, 4.69) is 9.97 Å². The lowest BCUT2D eigenvalue weighted by Gasteiger charge is -2.13. The average Bonchev–Trinajstić information content (AvgIpc) is 3.02. The Labute approximate surface area is 132 Å². The normalized spacial score (nSPS) is 11.0. The molecule has 0 spiro atoms. The van der Waals surface area contributed by atoms with Crippen molar-refractivity contribution < 1.29 is 0 Å². The molecule has 3 aromatic rings. The molecule has 0 saturated heterocycles. The fourth-order valence-corrected chi connectivity index (χ4v) is 2.96. The Balaban J connectivity index is 2.21. The lowest BCUT2D eigenvalue weighted by atomic mass is 10.1. The van der Waals surface area contributed by atoms with E-state index in [0.29, 0.717) is 5.82 Å². The van der Waals surface area contributed by atoms with Crippen LogP contribution < -0.4 is 11.3 Å². The van der Waals surface area contributed by atoms with E-state index in [1.54, 1.807) is 28.0 Å². The summed E-state index contributed by atoms with van der Waals surface area (Å²) >= 11 is 1.58. The van der Waals surface area contributed by atoms with Crippen molar-refractivity contribution in [1.29, 1.82) is 0 Å². The van der Waals surface area contributed by atoms with Gasteiger partial charge in [0.1, 0.15) is 11.5 Å². The Morgan fingerprint density at radius 1 is 1.23 bits per heavy atom. The molecular formula is C16H16N4OS. The molecule has 0 amide bonds. The predicted molar refractivity (Wildman–Crippen MR) is 89.8 cm³/mol. The highest BCUT2D eigenvalue weighted by Crippen LogP contribution is 2.31. The average molecular weight is 312 g/mol. The van der Waals surface area contributed by atoms with Gasteiger partial charge in [-0.1, -0.05) is 6.07 Å². The van der Waals surface area contributed by atoms with Crippen LogP contribution in [0.3, 0.4) is 0 Å². The topological polar surface area (TPSA) is 73.8 Å². The zero-order chi connectivity index (χ0) is 15.7. The summed E-state index contributed by atoms with van der Waals surface area (Å²) in [5, 5.41) is 1.99. The molecule has 0 aliphatic rings. The molecule has 3 aromatic heterocycles. The zero-order valence-corrected chi connectivity index (χ0v) is 13.2. The van der Waals surface area contributed by atoms with Gasteiger partial charge in [-0.15, -0.1) is 11.3 Å². The standard InChI is InChI=1S/C16H16N4OS/c1-10(2)20-9-11(5-6-14(20)21)15-16(12-4-3-7-22-12)19-13(17)8-18-15/h3-10H,1-2H3,(H2,17,19). The molecule has 0 unspecified atom stereocenters. The summed E-state index contributed by atoms with van der Waals surface area (Å²) in [4.78, 5) is 21.8. The Kier molecular flexibility index (Phi) is 3.77. The van der Waals surface area contributed by atoms with Crippen LogP contribution in [0.1, 0.15) is 19.9 Å². The van der Waals surface area contributed by atoms with Crippen molar-refractivity contribution in [2.75, 3.05) is 5.73 Å². The minimum atomic E-state index is -0.0279. The monoisotopic (exact) mass is 312 g/mol. The molecule has 0 bridgehead atoms. The van der Waals surface area contributed by atoms with Crippen molar-refractivity contribution in [1.82, 2.24) is 14.5 Å². The molecule has 0 aliphatic heterocycles. The minimum Gasteiger partial charge on any atom is -0.382 e. The van der Waals surface area contributed by atoms with Crippen LogP contribution in [0.25, 0.3) is 21.8 Å². The highest BCUT2D eigenvalue weighted by atomic mass is 32.1. The highest BCUT2D eigenvalue weighted by molar-refractivity contribution is 7.13. The van der Waals surface area contributed by atoms with E-state index >= 15 is 0 Å². The predicted octanol–water partition coefficient (Wildman–Crippen LogP) is 3.20. The van der Waals surface area contributed by atoms with Crippen LogP contribution in [0, 0.1) is 0 Å². The second kappa shape index (κ2) is 5.73. The molecule has 3 heterocycles. The van der Waals surface area contributed by atoms with Gasteiger partial charge >= 0.3 is 0 Å². The summed E-state index contributed by atoms with van der Waals surface area (Å²) in [7, 11) is 0. The van der Waals surface area contributed by atoms with E-state index in [1.165, 1.54) is 6.20 Å². The maximum Gasteiger partial charge on any atom is 0.250 e. The van der Waals surface area contributed by atoms with Crippen molar-refractivity contribution in [3.63, 3.8) is 0 Å². The molecule has 0 aromatic carbocycles. The third-order valence-corrected chi connectivity index (χ3v) is 4.19. The Bertz CT molecular complexity index is 853. The summed E-state index contributed by atoms with van der Waals surface area (Å²) < 4.78 is 1.69. The van der Waals surface area contributed by atoms with E-state index < -0.39 is 0 Å². The largest absolute Gasteiger partial charge is 0.382 e. The van der Waals surface area contributed by atoms with E-state index in [0.717, 1.165) is 21.8 Å². The molecule has 0 radical (unpaired) electrons. The van der Waals surface area contributed by atoms with Gasteiger partial charge in [0, 0.05) is 23.9 Å². The molecular weight excluding hydrogens is 296 g/mol. The number of hydrogen-bond acceptors (Lipinski definition) is 5. The van der Waals surface area contributed by atoms with Gasteiger partial charge in [-0.3, -0.25) is 9.78 Å². The van der Waals surface area contributed by atoms with Gasteiger partial charge in [0.25, 0.3) is 5.56 Å². The van der Waals surface area contributed by atoms with Gasteiger partial charge < -0.3 is 10.3 Å². The third kappa shape index (κ3) is 2.65. The Hall–Kier alpha value is -2.47. The molecule has 112 valence electrons. The second-order valence-electron chi connectivity index (χ2n) is 5.23. The molecule has 3 rings (SSSR count). The van der Waals surface area contributed by atoms with Gasteiger partial charge in [-0.05, 0) is 31.4 Å². The molecule has 0 atom stereocenters. The third-order valence-electron chi connectivity index (χ3n) is 3.31. The van der Waals surface area contributed by atoms with Crippen molar-refractivity contribution in [2.45, 2.75) is 19.9 Å². The fourth-order valence-electron chi connectivity index (χ4n) is 2.25. The highest BCUT2D eigenvalue weighted by Gasteiger charge is 2.14. The molecule has 0 fully saturated rings. The first-order chi connectivity index (χ1) is 10.6. The van der Waals surface area contributed by atoms with Crippen LogP contribution in [-0.2, 0) is 0 Å². The maximum absolute atomic E-state index is 11.9. The zero-order valence-electron chi connectivity index (χ0n) is 12.4. The van der Waals surface area contributed by atoms with Gasteiger partial charge in [-0.25, -0.2) is 4.98 Å². The van der Waals surface area contributed by atoms with Crippen LogP contribution >= 0.6 is 11.3 Å². The summed E-state index contributed by atoms with van der Waals surface area (Å²) in [6.07, 6.45) is 3.36. The summed E-state index contributed by atoms with van der Waals surface area (Å²) in [5.41, 5.74) is 8.08.